The summed E-state index contributed by atoms with van der Waals surface area (Å²) in [4.78, 5) is 4.51. The van der Waals surface area contributed by atoms with Crippen LogP contribution in [-0.4, -0.2) is 18.6 Å². The zero-order valence-electron chi connectivity index (χ0n) is 12.9. The van der Waals surface area contributed by atoms with E-state index in [1.165, 1.54) is 31.1 Å². The highest BCUT2D eigenvalue weighted by Crippen LogP contribution is 2.30. The third-order valence-corrected chi connectivity index (χ3v) is 4.67. The number of aromatic nitrogens is 1. The summed E-state index contributed by atoms with van der Waals surface area (Å²) in [5.74, 6) is 3.54. The van der Waals surface area contributed by atoms with Crippen molar-refractivity contribution in [1.29, 1.82) is 0 Å². The van der Waals surface area contributed by atoms with Gasteiger partial charge in [-0.05, 0) is 48.3 Å². The average molecular weight is 284 g/mol. The molecule has 2 aromatic rings. The molecule has 21 heavy (non-hydrogen) atoms. The first-order valence-corrected chi connectivity index (χ1v) is 7.93. The number of pyridine rings is 1. The first-order valence-electron chi connectivity index (χ1n) is 7.93. The summed E-state index contributed by atoms with van der Waals surface area (Å²) in [5.41, 5.74) is 0. The molecule has 0 bridgehead atoms. The Bertz CT molecular complexity index is 603. The second-order valence-corrected chi connectivity index (χ2v) is 6.25. The third-order valence-electron chi connectivity index (χ3n) is 4.67. The molecule has 1 N–H and O–H groups in total. The normalized spacial score (nSPS) is 22.2. The molecule has 1 heterocycles. The second kappa shape index (κ2) is 6.33. The monoisotopic (exact) mass is 284 g/mol. The van der Waals surface area contributed by atoms with Gasteiger partial charge < -0.3 is 10.1 Å². The minimum atomic E-state index is 0.781. The van der Waals surface area contributed by atoms with Crippen LogP contribution >= 0.6 is 0 Å². The molecule has 0 saturated heterocycles. The summed E-state index contributed by atoms with van der Waals surface area (Å²) < 4.78 is 5.33. The van der Waals surface area contributed by atoms with Crippen molar-refractivity contribution in [2.24, 2.45) is 11.8 Å². The number of ether oxygens (including phenoxy) is 1. The number of fused-ring (bicyclic) bond motifs is 1. The summed E-state index contributed by atoms with van der Waals surface area (Å²) in [7, 11) is 1.70. The van der Waals surface area contributed by atoms with Crippen LogP contribution in [0, 0.1) is 11.8 Å². The molecule has 0 aliphatic heterocycles. The fourth-order valence-corrected chi connectivity index (χ4v) is 3.19. The van der Waals surface area contributed by atoms with Crippen LogP contribution in [0.4, 0.5) is 5.82 Å². The van der Waals surface area contributed by atoms with E-state index >= 15 is 0 Å². The van der Waals surface area contributed by atoms with Gasteiger partial charge in [0, 0.05) is 18.1 Å². The van der Waals surface area contributed by atoms with Gasteiger partial charge in [-0.15, -0.1) is 0 Å². The molecule has 1 aliphatic rings. The van der Waals surface area contributed by atoms with Crippen LogP contribution in [0.25, 0.3) is 10.8 Å². The van der Waals surface area contributed by atoms with Crippen molar-refractivity contribution < 1.29 is 4.74 Å². The van der Waals surface area contributed by atoms with E-state index in [0.29, 0.717) is 0 Å². The van der Waals surface area contributed by atoms with Gasteiger partial charge in [0.2, 0.25) is 0 Å². The number of methoxy groups -OCH3 is 1. The largest absolute Gasteiger partial charge is 0.497 e. The van der Waals surface area contributed by atoms with Crippen LogP contribution < -0.4 is 10.1 Å². The van der Waals surface area contributed by atoms with Crippen LogP contribution in [0.2, 0.25) is 0 Å². The zero-order valence-corrected chi connectivity index (χ0v) is 12.9. The Morgan fingerprint density at radius 3 is 2.76 bits per heavy atom. The van der Waals surface area contributed by atoms with E-state index in [-0.39, 0.29) is 0 Å². The van der Waals surface area contributed by atoms with E-state index < -0.39 is 0 Å². The molecule has 0 atom stereocenters. The molecule has 1 fully saturated rings. The molecule has 1 saturated carbocycles. The molecule has 0 spiro atoms. The molecule has 1 aromatic heterocycles. The van der Waals surface area contributed by atoms with Crippen molar-refractivity contribution in [1.82, 2.24) is 4.98 Å². The molecule has 1 aliphatic carbocycles. The van der Waals surface area contributed by atoms with Crippen molar-refractivity contribution in [2.45, 2.75) is 32.6 Å². The number of nitrogens with zero attached hydrogens (tertiary/aromatic N) is 1. The second-order valence-electron chi connectivity index (χ2n) is 6.25. The summed E-state index contributed by atoms with van der Waals surface area (Å²) in [6.07, 6.45) is 7.27. The van der Waals surface area contributed by atoms with Crippen molar-refractivity contribution in [2.75, 3.05) is 19.0 Å². The molecule has 112 valence electrons. The number of rotatable bonds is 4. The molecule has 0 unspecified atom stereocenters. The lowest BCUT2D eigenvalue weighted by atomic mass is 9.83. The van der Waals surface area contributed by atoms with Crippen LogP contribution in [0.1, 0.15) is 32.6 Å². The van der Waals surface area contributed by atoms with Crippen molar-refractivity contribution >= 4 is 16.6 Å². The Labute approximate surface area is 126 Å². The Balaban J connectivity index is 1.74. The van der Waals surface area contributed by atoms with E-state index in [2.05, 4.69) is 29.4 Å². The van der Waals surface area contributed by atoms with Gasteiger partial charge in [-0.25, -0.2) is 4.98 Å². The number of hydrogen-bond acceptors (Lipinski definition) is 3. The summed E-state index contributed by atoms with van der Waals surface area (Å²) in [6, 6.07) is 8.19. The highest BCUT2D eigenvalue weighted by molar-refractivity contribution is 5.92. The van der Waals surface area contributed by atoms with Gasteiger partial charge in [-0.1, -0.05) is 25.8 Å². The molecule has 1 aromatic carbocycles. The summed E-state index contributed by atoms with van der Waals surface area (Å²) in [5, 5.41) is 5.90. The number of anilines is 1. The highest BCUT2D eigenvalue weighted by Gasteiger charge is 2.18. The molecule has 3 nitrogen and oxygen atoms in total. The molecule has 0 radical (unpaired) electrons. The van der Waals surface area contributed by atoms with Crippen LogP contribution in [0.15, 0.2) is 30.5 Å². The predicted octanol–water partition coefficient (Wildman–Crippen LogP) is 4.48. The van der Waals surface area contributed by atoms with Crippen molar-refractivity contribution in [3.05, 3.63) is 30.5 Å². The van der Waals surface area contributed by atoms with E-state index in [4.69, 9.17) is 4.74 Å². The fraction of sp³-hybridized carbons (Fsp3) is 0.500. The predicted molar refractivity (Wildman–Crippen MR) is 87.9 cm³/mol. The topological polar surface area (TPSA) is 34.1 Å². The lowest BCUT2D eigenvalue weighted by Gasteiger charge is -2.26. The maximum Gasteiger partial charge on any atom is 0.133 e. The van der Waals surface area contributed by atoms with E-state index in [9.17, 15) is 0 Å². The minimum absolute atomic E-state index is 0.781. The highest BCUT2D eigenvalue weighted by atomic mass is 16.5. The Hall–Kier alpha value is -1.77. The van der Waals surface area contributed by atoms with Gasteiger partial charge >= 0.3 is 0 Å². The summed E-state index contributed by atoms with van der Waals surface area (Å²) >= 11 is 0. The Morgan fingerprint density at radius 2 is 2.00 bits per heavy atom. The zero-order chi connectivity index (χ0) is 14.7. The maximum atomic E-state index is 5.33. The first kappa shape index (κ1) is 14.2. The molecule has 3 rings (SSSR count). The Morgan fingerprint density at radius 1 is 1.19 bits per heavy atom. The van der Waals surface area contributed by atoms with Gasteiger partial charge in [-0.3, -0.25) is 0 Å². The molecule has 3 heteroatoms. The smallest absolute Gasteiger partial charge is 0.133 e. The van der Waals surface area contributed by atoms with E-state index in [1.807, 2.05) is 18.3 Å². The quantitative estimate of drug-likeness (QED) is 0.898. The van der Waals surface area contributed by atoms with Gasteiger partial charge in [0.15, 0.2) is 0 Å². The third kappa shape index (κ3) is 3.29. The van der Waals surface area contributed by atoms with Gasteiger partial charge in [0.25, 0.3) is 0 Å². The van der Waals surface area contributed by atoms with Crippen molar-refractivity contribution in [3.8, 4) is 5.75 Å². The maximum absolute atomic E-state index is 5.33. The van der Waals surface area contributed by atoms with Crippen LogP contribution in [0.5, 0.6) is 5.75 Å². The summed E-state index contributed by atoms with van der Waals surface area (Å²) in [6.45, 7) is 3.39. The number of hydrogen-bond donors (Lipinski definition) is 1. The molecular formula is C18H24N2O. The molecular weight excluding hydrogens is 260 g/mol. The number of nitrogens with one attached hydrogen (secondary N) is 1. The van der Waals surface area contributed by atoms with Gasteiger partial charge in [-0.2, -0.15) is 0 Å². The van der Waals surface area contributed by atoms with Crippen molar-refractivity contribution in [3.63, 3.8) is 0 Å². The van der Waals surface area contributed by atoms with E-state index in [1.54, 1.807) is 7.11 Å². The van der Waals surface area contributed by atoms with Gasteiger partial charge in [0.05, 0.1) is 7.11 Å². The first-order chi connectivity index (χ1) is 10.3. The van der Waals surface area contributed by atoms with Crippen LogP contribution in [0.3, 0.4) is 0 Å². The fourth-order valence-electron chi connectivity index (χ4n) is 3.19. The van der Waals surface area contributed by atoms with Crippen LogP contribution in [-0.2, 0) is 0 Å². The number of benzene rings is 1. The standard InChI is InChI=1S/C18H24N2O/c1-13-3-5-14(6-4-13)12-20-18-17-11-16(21-2)8-7-15(17)9-10-19-18/h7-11,13-14H,3-6,12H2,1-2H3,(H,19,20). The lowest BCUT2D eigenvalue weighted by Crippen LogP contribution is -2.20. The lowest BCUT2D eigenvalue weighted by molar-refractivity contribution is 0.300. The average Bonchev–Trinajstić information content (AvgIpc) is 2.54. The van der Waals surface area contributed by atoms with E-state index in [0.717, 1.165) is 35.3 Å². The molecule has 0 amide bonds. The van der Waals surface area contributed by atoms with Gasteiger partial charge in [0.1, 0.15) is 11.6 Å². The minimum Gasteiger partial charge on any atom is -0.497 e. The Kier molecular flexibility index (Phi) is 4.28. The SMILES string of the molecule is COc1ccc2ccnc(NCC3CCC(C)CC3)c2c1.